The molecule has 1 saturated heterocycles. The van der Waals surface area contributed by atoms with Crippen molar-refractivity contribution < 1.29 is 9.53 Å². The highest BCUT2D eigenvalue weighted by atomic mass is 35.5. The first kappa shape index (κ1) is 12.7. The summed E-state index contributed by atoms with van der Waals surface area (Å²) in [6, 6.07) is 2.41. The molecule has 1 aliphatic heterocycles. The molecule has 0 N–H and O–H groups in total. The first-order valence-corrected chi connectivity index (χ1v) is 6.54. The Kier molecular flexibility index (Phi) is 3.89. The number of aryl methyl sites for hydroxylation is 1. The van der Waals surface area contributed by atoms with Crippen molar-refractivity contribution in [1.82, 2.24) is 4.57 Å². The van der Waals surface area contributed by atoms with Crippen LogP contribution in [0.5, 0.6) is 0 Å². The number of Topliss-reactive ketones (excluding diaryl/α,β-unsaturated/α-hetero) is 1. The van der Waals surface area contributed by atoms with Crippen LogP contribution in [-0.4, -0.2) is 29.4 Å². The van der Waals surface area contributed by atoms with Gasteiger partial charge in [-0.1, -0.05) is 0 Å². The fraction of sp³-hybridized carbons (Fsp3) is 0.615. The highest BCUT2D eigenvalue weighted by Crippen LogP contribution is 2.27. The minimum atomic E-state index is 0.0121. The van der Waals surface area contributed by atoms with Gasteiger partial charge in [-0.2, -0.15) is 0 Å². The predicted molar refractivity (Wildman–Crippen MR) is 68.0 cm³/mol. The van der Waals surface area contributed by atoms with Crippen LogP contribution in [0, 0.1) is 13.8 Å². The summed E-state index contributed by atoms with van der Waals surface area (Å²) in [5, 5.41) is 0. The van der Waals surface area contributed by atoms with Crippen molar-refractivity contribution in [2.24, 2.45) is 0 Å². The Bertz CT molecular complexity index is 419. The monoisotopic (exact) mass is 255 g/mol. The van der Waals surface area contributed by atoms with E-state index in [1.54, 1.807) is 0 Å². The van der Waals surface area contributed by atoms with E-state index in [2.05, 4.69) is 4.57 Å². The molecule has 0 radical (unpaired) electrons. The molecule has 0 bridgehead atoms. The maximum atomic E-state index is 11.7. The van der Waals surface area contributed by atoms with Gasteiger partial charge in [0.25, 0.3) is 0 Å². The lowest BCUT2D eigenvalue weighted by molar-refractivity contribution is 0.0687. The molecule has 0 spiro atoms. The molecule has 1 aromatic rings. The van der Waals surface area contributed by atoms with Crippen LogP contribution in [0.4, 0.5) is 0 Å². The molecule has 2 heterocycles. The molecule has 0 saturated carbocycles. The Labute approximate surface area is 107 Å². The first-order chi connectivity index (χ1) is 8.15. The summed E-state index contributed by atoms with van der Waals surface area (Å²) >= 11 is 5.63. The minimum absolute atomic E-state index is 0.0121. The quantitative estimate of drug-likeness (QED) is 0.614. The number of ether oxygens (including phenoxy) is 1. The number of ketones is 1. The van der Waals surface area contributed by atoms with Gasteiger partial charge in [-0.05, 0) is 32.8 Å². The number of hydrogen-bond acceptors (Lipinski definition) is 2. The van der Waals surface area contributed by atoms with Crippen LogP contribution in [0.3, 0.4) is 0 Å². The zero-order chi connectivity index (χ0) is 12.4. The molecule has 1 aliphatic rings. The van der Waals surface area contributed by atoms with Gasteiger partial charge in [0.2, 0.25) is 0 Å². The molecular formula is C13H18ClNO2. The number of rotatable bonds is 3. The largest absolute Gasteiger partial charge is 0.381 e. The van der Waals surface area contributed by atoms with Gasteiger partial charge >= 0.3 is 0 Å². The summed E-state index contributed by atoms with van der Waals surface area (Å²) in [5.41, 5.74) is 2.95. The van der Waals surface area contributed by atoms with Gasteiger partial charge in [-0.25, -0.2) is 0 Å². The molecule has 0 atom stereocenters. The third kappa shape index (κ3) is 2.40. The van der Waals surface area contributed by atoms with Crippen LogP contribution in [0.15, 0.2) is 6.07 Å². The summed E-state index contributed by atoms with van der Waals surface area (Å²) in [6.07, 6.45) is 2.04. The molecule has 1 aromatic heterocycles. The van der Waals surface area contributed by atoms with Crippen molar-refractivity contribution in [3.05, 3.63) is 23.0 Å². The van der Waals surface area contributed by atoms with Crippen molar-refractivity contribution >= 4 is 17.4 Å². The fourth-order valence-corrected chi connectivity index (χ4v) is 2.78. The van der Waals surface area contributed by atoms with Gasteiger partial charge in [-0.3, -0.25) is 4.79 Å². The van der Waals surface area contributed by atoms with E-state index in [-0.39, 0.29) is 11.7 Å². The zero-order valence-corrected chi connectivity index (χ0v) is 11.1. The van der Waals surface area contributed by atoms with Gasteiger partial charge in [0.15, 0.2) is 5.78 Å². The van der Waals surface area contributed by atoms with E-state index < -0.39 is 0 Å². The zero-order valence-electron chi connectivity index (χ0n) is 10.3. The SMILES string of the molecule is Cc1cc(C(=O)CCl)c(C)n1C1CCOCC1. The van der Waals surface area contributed by atoms with E-state index in [1.807, 2.05) is 19.9 Å². The van der Waals surface area contributed by atoms with Crippen molar-refractivity contribution in [1.29, 1.82) is 0 Å². The lowest BCUT2D eigenvalue weighted by Crippen LogP contribution is -2.21. The molecule has 17 heavy (non-hydrogen) atoms. The van der Waals surface area contributed by atoms with Gasteiger partial charge in [0.05, 0.1) is 5.88 Å². The highest BCUT2D eigenvalue weighted by Gasteiger charge is 2.22. The number of carbonyl (C=O) groups is 1. The Hall–Kier alpha value is -0.800. The van der Waals surface area contributed by atoms with Crippen LogP contribution in [0.1, 0.15) is 40.6 Å². The van der Waals surface area contributed by atoms with Crippen LogP contribution in [0.2, 0.25) is 0 Å². The van der Waals surface area contributed by atoms with Gasteiger partial charge in [0.1, 0.15) is 0 Å². The molecule has 3 nitrogen and oxygen atoms in total. The highest BCUT2D eigenvalue weighted by molar-refractivity contribution is 6.30. The van der Waals surface area contributed by atoms with Gasteiger partial charge in [0, 0.05) is 36.2 Å². The second-order valence-corrected chi connectivity index (χ2v) is 4.82. The van der Waals surface area contributed by atoms with Crippen molar-refractivity contribution in [3.8, 4) is 0 Å². The standard InChI is InChI=1S/C13H18ClNO2/c1-9-7-12(13(16)8-14)10(2)15(9)11-3-5-17-6-4-11/h7,11H,3-6,8H2,1-2H3. The summed E-state index contributed by atoms with van der Waals surface area (Å²) < 4.78 is 7.64. The molecule has 0 unspecified atom stereocenters. The van der Waals surface area contributed by atoms with Gasteiger partial charge in [-0.15, -0.1) is 11.6 Å². The first-order valence-electron chi connectivity index (χ1n) is 6.00. The van der Waals surface area contributed by atoms with Gasteiger partial charge < -0.3 is 9.30 Å². The Morgan fingerprint density at radius 3 is 2.71 bits per heavy atom. The van der Waals surface area contributed by atoms with Crippen LogP contribution >= 0.6 is 11.6 Å². The molecule has 0 aromatic carbocycles. The average Bonchev–Trinajstić information content (AvgIpc) is 2.65. The molecule has 4 heteroatoms. The maximum Gasteiger partial charge on any atom is 0.179 e. The Morgan fingerprint density at radius 2 is 2.12 bits per heavy atom. The van der Waals surface area contributed by atoms with Crippen LogP contribution in [0.25, 0.3) is 0 Å². The van der Waals surface area contributed by atoms with Crippen molar-refractivity contribution in [2.75, 3.05) is 19.1 Å². The predicted octanol–water partition coefficient (Wildman–Crippen LogP) is 2.88. The molecule has 0 aliphatic carbocycles. The van der Waals surface area contributed by atoms with Crippen LogP contribution < -0.4 is 0 Å². The smallest absolute Gasteiger partial charge is 0.179 e. The summed E-state index contributed by atoms with van der Waals surface area (Å²) in [5.74, 6) is 0.0657. The van der Waals surface area contributed by atoms with E-state index in [9.17, 15) is 4.79 Å². The number of hydrogen-bond donors (Lipinski definition) is 0. The second kappa shape index (κ2) is 5.23. The number of halogens is 1. The minimum Gasteiger partial charge on any atom is -0.381 e. The summed E-state index contributed by atoms with van der Waals surface area (Å²) in [4.78, 5) is 11.7. The summed E-state index contributed by atoms with van der Waals surface area (Å²) in [6.45, 7) is 5.66. The summed E-state index contributed by atoms with van der Waals surface area (Å²) in [7, 11) is 0. The molecular weight excluding hydrogens is 238 g/mol. The normalized spacial score (nSPS) is 17.4. The maximum absolute atomic E-state index is 11.7. The van der Waals surface area contributed by atoms with E-state index in [4.69, 9.17) is 16.3 Å². The van der Waals surface area contributed by atoms with E-state index in [0.29, 0.717) is 6.04 Å². The third-order valence-corrected chi connectivity index (χ3v) is 3.70. The number of alkyl halides is 1. The van der Waals surface area contributed by atoms with E-state index in [1.165, 1.54) is 0 Å². The lowest BCUT2D eigenvalue weighted by Gasteiger charge is -2.26. The van der Waals surface area contributed by atoms with Crippen LogP contribution in [-0.2, 0) is 4.74 Å². The number of nitrogens with zero attached hydrogens (tertiary/aromatic N) is 1. The second-order valence-electron chi connectivity index (χ2n) is 4.56. The Morgan fingerprint density at radius 1 is 1.47 bits per heavy atom. The third-order valence-electron chi connectivity index (χ3n) is 3.46. The lowest BCUT2D eigenvalue weighted by atomic mass is 10.1. The van der Waals surface area contributed by atoms with E-state index in [0.717, 1.165) is 43.0 Å². The number of carbonyl (C=O) groups excluding carboxylic acids is 1. The fourth-order valence-electron chi connectivity index (χ4n) is 2.64. The Balaban J connectivity index is 2.33. The number of aromatic nitrogens is 1. The molecule has 1 fully saturated rings. The average molecular weight is 256 g/mol. The topological polar surface area (TPSA) is 31.2 Å². The molecule has 2 rings (SSSR count). The van der Waals surface area contributed by atoms with E-state index >= 15 is 0 Å². The van der Waals surface area contributed by atoms with Crippen molar-refractivity contribution in [2.45, 2.75) is 32.7 Å². The van der Waals surface area contributed by atoms with Crippen molar-refractivity contribution in [3.63, 3.8) is 0 Å². The molecule has 94 valence electrons. The molecule has 0 amide bonds.